The molecule has 0 aromatic heterocycles. The Bertz CT molecular complexity index is 932. The molecule has 0 saturated heterocycles. The summed E-state index contributed by atoms with van der Waals surface area (Å²) in [5, 5.41) is 3.31. The molecule has 136 valence electrons. The van der Waals surface area contributed by atoms with Crippen molar-refractivity contribution in [1.82, 2.24) is 0 Å². The molecule has 0 heterocycles. The molecule has 0 saturated carbocycles. The predicted molar refractivity (Wildman–Crippen MR) is 120 cm³/mol. The summed E-state index contributed by atoms with van der Waals surface area (Å²) in [7, 11) is -2.45. The van der Waals surface area contributed by atoms with E-state index in [-0.39, 0.29) is 5.52 Å². The molecule has 0 aliphatic heterocycles. The zero-order chi connectivity index (χ0) is 19.2. The van der Waals surface area contributed by atoms with Gasteiger partial charge in [0.05, 0.1) is 6.42 Å². The first kappa shape index (κ1) is 18.3. The van der Waals surface area contributed by atoms with Crippen molar-refractivity contribution in [3.05, 3.63) is 127 Å². The minimum atomic E-state index is -2.45. The van der Waals surface area contributed by atoms with E-state index < -0.39 is 7.26 Å². The normalized spacial score (nSPS) is 11.1. The molecular weight excluding hydrogens is 359 g/mol. The van der Waals surface area contributed by atoms with E-state index in [0.29, 0.717) is 6.42 Å². The summed E-state index contributed by atoms with van der Waals surface area (Å²) in [6, 6.07) is 40.9. The van der Waals surface area contributed by atoms with Crippen molar-refractivity contribution in [1.29, 1.82) is 0 Å². The van der Waals surface area contributed by atoms with Crippen molar-refractivity contribution in [3.8, 4) is 0 Å². The van der Waals surface area contributed by atoms with Crippen molar-refractivity contribution < 1.29 is 4.79 Å². The minimum absolute atomic E-state index is 0.280. The molecule has 0 aliphatic carbocycles. The fourth-order valence-corrected chi connectivity index (χ4v) is 7.76. The third-order valence-electron chi connectivity index (χ3n) is 5.00. The topological polar surface area (TPSA) is 17.1 Å². The van der Waals surface area contributed by atoms with Gasteiger partial charge in [0.25, 0.3) is 5.52 Å². The van der Waals surface area contributed by atoms with E-state index in [9.17, 15) is 4.79 Å². The summed E-state index contributed by atoms with van der Waals surface area (Å²) in [4.78, 5) is 14.1. The zero-order valence-corrected chi connectivity index (χ0v) is 16.5. The largest absolute Gasteiger partial charge is 0.287 e. The fraction of sp³-hybridized carbons (Fsp3) is 0.0385. The SMILES string of the molecule is O=C(Cc1ccccc1)[P+](c1ccccc1)(c1ccccc1)c1ccccc1. The molecule has 0 radical (unpaired) electrons. The highest BCUT2D eigenvalue weighted by Gasteiger charge is 2.52. The Kier molecular flexibility index (Phi) is 5.46. The summed E-state index contributed by atoms with van der Waals surface area (Å²) in [5.41, 5.74) is 1.34. The number of rotatable bonds is 6. The van der Waals surface area contributed by atoms with Crippen LogP contribution in [0.1, 0.15) is 5.56 Å². The first-order chi connectivity index (χ1) is 13.8. The molecule has 4 aromatic carbocycles. The quantitative estimate of drug-likeness (QED) is 0.441. The number of carbonyl (C=O) groups excluding carboxylic acids is 1. The zero-order valence-electron chi connectivity index (χ0n) is 15.6. The van der Waals surface area contributed by atoms with E-state index in [1.54, 1.807) is 0 Å². The van der Waals surface area contributed by atoms with Crippen LogP contribution in [0.4, 0.5) is 0 Å². The first-order valence-electron chi connectivity index (χ1n) is 9.45. The van der Waals surface area contributed by atoms with Crippen LogP contribution in [0.2, 0.25) is 0 Å². The van der Waals surface area contributed by atoms with Gasteiger partial charge in [0.1, 0.15) is 15.9 Å². The van der Waals surface area contributed by atoms with Crippen molar-refractivity contribution in [2.45, 2.75) is 6.42 Å². The monoisotopic (exact) mass is 381 g/mol. The van der Waals surface area contributed by atoms with Crippen LogP contribution in [0.15, 0.2) is 121 Å². The van der Waals surface area contributed by atoms with Crippen LogP contribution in [0.5, 0.6) is 0 Å². The first-order valence-corrected chi connectivity index (χ1v) is 11.2. The second kappa shape index (κ2) is 8.33. The van der Waals surface area contributed by atoms with Gasteiger partial charge in [-0.3, -0.25) is 4.79 Å². The lowest BCUT2D eigenvalue weighted by atomic mass is 10.2. The number of hydrogen-bond donors (Lipinski definition) is 0. The van der Waals surface area contributed by atoms with E-state index in [0.717, 1.165) is 21.5 Å². The maximum atomic E-state index is 14.1. The van der Waals surface area contributed by atoms with Crippen molar-refractivity contribution in [2.75, 3.05) is 0 Å². The second-order valence-electron chi connectivity index (χ2n) is 6.73. The Labute approximate surface area is 167 Å². The lowest BCUT2D eigenvalue weighted by molar-refractivity contribution is -0.110. The Morgan fingerprint density at radius 3 is 1.18 bits per heavy atom. The van der Waals surface area contributed by atoms with Crippen LogP contribution in [-0.4, -0.2) is 5.52 Å². The molecule has 28 heavy (non-hydrogen) atoms. The third-order valence-corrected chi connectivity index (χ3v) is 9.13. The fourth-order valence-electron chi connectivity index (χ4n) is 3.72. The average molecular weight is 381 g/mol. The Morgan fingerprint density at radius 2 is 0.821 bits per heavy atom. The van der Waals surface area contributed by atoms with Crippen molar-refractivity contribution in [2.24, 2.45) is 0 Å². The van der Waals surface area contributed by atoms with Gasteiger partial charge in [0.2, 0.25) is 0 Å². The van der Waals surface area contributed by atoms with Gasteiger partial charge in [-0.05, 0) is 42.0 Å². The van der Waals surface area contributed by atoms with Gasteiger partial charge in [-0.15, -0.1) is 0 Å². The molecule has 2 heteroatoms. The van der Waals surface area contributed by atoms with Crippen LogP contribution in [0, 0.1) is 0 Å². The van der Waals surface area contributed by atoms with E-state index >= 15 is 0 Å². The highest BCUT2D eigenvalue weighted by Crippen LogP contribution is 2.56. The summed E-state index contributed by atoms with van der Waals surface area (Å²) >= 11 is 0. The van der Waals surface area contributed by atoms with Crippen LogP contribution >= 0.6 is 7.26 Å². The molecule has 1 nitrogen and oxygen atoms in total. The number of benzene rings is 4. The van der Waals surface area contributed by atoms with E-state index in [1.165, 1.54) is 0 Å². The second-order valence-corrected chi connectivity index (χ2v) is 10.1. The maximum Gasteiger partial charge on any atom is 0.287 e. The molecular formula is C26H22OP+. The molecule has 0 atom stereocenters. The molecule has 0 spiro atoms. The standard InChI is InChI=1S/C26H22OP/c27-26(21-22-13-5-1-6-14-22)28(23-15-7-2-8-16-23,24-17-9-3-10-18-24)25-19-11-4-12-20-25/h1-20H,21H2/q+1. The molecule has 0 amide bonds. The van der Waals surface area contributed by atoms with Crippen LogP contribution < -0.4 is 15.9 Å². The average Bonchev–Trinajstić information content (AvgIpc) is 2.77. The lowest BCUT2D eigenvalue weighted by Crippen LogP contribution is -2.37. The van der Waals surface area contributed by atoms with E-state index in [1.807, 2.05) is 84.9 Å². The highest BCUT2D eigenvalue weighted by atomic mass is 31.2. The smallest absolute Gasteiger partial charge is 0.251 e. The molecule has 0 unspecified atom stereocenters. The molecule has 0 aliphatic rings. The minimum Gasteiger partial charge on any atom is -0.251 e. The molecule has 4 aromatic rings. The Hall–Kier alpha value is -3.02. The van der Waals surface area contributed by atoms with Gasteiger partial charge >= 0.3 is 0 Å². The van der Waals surface area contributed by atoms with Crippen LogP contribution in [0.3, 0.4) is 0 Å². The summed E-state index contributed by atoms with van der Waals surface area (Å²) in [6.45, 7) is 0. The summed E-state index contributed by atoms with van der Waals surface area (Å²) in [5.74, 6) is 0. The number of hydrogen-bond acceptors (Lipinski definition) is 1. The molecule has 0 N–H and O–H groups in total. The Morgan fingerprint density at radius 1 is 0.500 bits per heavy atom. The molecule has 0 bridgehead atoms. The van der Waals surface area contributed by atoms with Gasteiger partial charge in [-0.25, -0.2) is 0 Å². The van der Waals surface area contributed by atoms with Gasteiger partial charge in [0.15, 0.2) is 7.26 Å². The maximum absolute atomic E-state index is 14.1. The summed E-state index contributed by atoms with van der Waals surface area (Å²) in [6.07, 6.45) is 0.424. The molecule has 0 fully saturated rings. The van der Waals surface area contributed by atoms with Crippen molar-refractivity contribution in [3.63, 3.8) is 0 Å². The van der Waals surface area contributed by atoms with Gasteiger partial charge in [0, 0.05) is 0 Å². The van der Waals surface area contributed by atoms with E-state index in [4.69, 9.17) is 0 Å². The summed E-state index contributed by atoms with van der Waals surface area (Å²) < 4.78 is 0. The predicted octanol–water partition coefficient (Wildman–Crippen LogP) is 4.75. The highest BCUT2D eigenvalue weighted by molar-refractivity contribution is 8.08. The number of carbonyl (C=O) groups is 1. The van der Waals surface area contributed by atoms with Crippen LogP contribution in [-0.2, 0) is 11.2 Å². The van der Waals surface area contributed by atoms with E-state index in [2.05, 4.69) is 36.4 Å². The Balaban J connectivity index is 1.97. The third kappa shape index (κ3) is 3.42. The van der Waals surface area contributed by atoms with Gasteiger partial charge < -0.3 is 0 Å². The van der Waals surface area contributed by atoms with Gasteiger partial charge in [-0.2, -0.15) is 0 Å². The van der Waals surface area contributed by atoms with Crippen molar-refractivity contribution >= 4 is 28.7 Å². The van der Waals surface area contributed by atoms with Gasteiger partial charge in [-0.1, -0.05) is 84.9 Å². The lowest BCUT2D eigenvalue weighted by Gasteiger charge is -2.25. The molecule has 4 rings (SSSR count). The van der Waals surface area contributed by atoms with Crippen LogP contribution in [0.25, 0.3) is 0 Å².